The lowest BCUT2D eigenvalue weighted by atomic mass is 9.79. The Morgan fingerprint density at radius 3 is 2.52 bits per heavy atom. The highest BCUT2D eigenvalue weighted by atomic mass is 16.7. The Labute approximate surface area is 132 Å². The first-order valence-electron chi connectivity index (χ1n) is 7.19. The second-order valence-electron chi connectivity index (χ2n) is 5.60. The van der Waals surface area contributed by atoms with E-state index in [4.69, 9.17) is 14.2 Å². The van der Waals surface area contributed by atoms with Crippen LogP contribution in [0, 0.1) is 0 Å². The van der Waals surface area contributed by atoms with Gasteiger partial charge in [0.15, 0.2) is 0 Å². The average molecular weight is 320 g/mol. The normalized spacial score (nSPS) is 31.5. The van der Waals surface area contributed by atoms with Crippen molar-refractivity contribution in [3.8, 4) is 0 Å². The highest BCUT2D eigenvalue weighted by Gasteiger charge is 2.68. The Morgan fingerprint density at radius 1 is 1.22 bits per heavy atom. The molecule has 0 unspecified atom stereocenters. The van der Waals surface area contributed by atoms with Crippen LogP contribution in [0.2, 0.25) is 0 Å². The molecule has 2 atom stereocenters. The van der Waals surface area contributed by atoms with Crippen molar-refractivity contribution < 1.29 is 28.6 Å². The molecule has 0 saturated carbocycles. The Bertz CT molecular complexity index is 709. The highest BCUT2D eigenvalue weighted by Crippen LogP contribution is 2.43. The molecule has 23 heavy (non-hydrogen) atoms. The van der Waals surface area contributed by atoms with Gasteiger partial charge in [-0.15, -0.1) is 0 Å². The highest BCUT2D eigenvalue weighted by molar-refractivity contribution is 5.96. The second-order valence-corrected chi connectivity index (χ2v) is 5.60. The Balaban J connectivity index is 2.12. The summed E-state index contributed by atoms with van der Waals surface area (Å²) in [5.74, 6) is -2.21. The van der Waals surface area contributed by atoms with Crippen molar-refractivity contribution in [2.75, 3.05) is 6.61 Å². The number of rotatable bonds is 3. The molecule has 8 nitrogen and oxygen atoms in total. The summed E-state index contributed by atoms with van der Waals surface area (Å²) in [6.07, 6.45) is 5.37. The van der Waals surface area contributed by atoms with Gasteiger partial charge in [0.2, 0.25) is 5.60 Å². The molecule has 0 spiro atoms. The van der Waals surface area contributed by atoms with E-state index in [0.717, 1.165) is 17.8 Å². The van der Waals surface area contributed by atoms with Gasteiger partial charge in [-0.1, -0.05) is 6.92 Å². The molecule has 2 aliphatic rings. The number of carbonyl (C=O) groups is 3. The number of hydrogen-bond acceptors (Lipinski definition) is 7. The summed E-state index contributed by atoms with van der Waals surface area (Å²) in [7, 11) is 1.78. The number of ether oxygens (including phenoxy) is 3. The second kappa shape index (κ2) is 5.22. The Morgan fingerprint density at radius 2 is 1.91 bits per heavy atom. The van der Waals surface area contributed by atoms with E-state index in [1.54, 1.807) is 31.1 Å². The molecule has 8 heteroatoms. The topological polar surface area (TPSA) is 96.7 Å². The molecule has 0 aromatic carbocycles. The Kier molecular flexibility index (Phi) is 3.46. The van der Waals surface area contributed by atoms with Gasteiger partial charge in [-0.2, -0.15) is 0 Å². The van der Waals surface area contributed by atoms with E-state index in [1.165, 1.54) is 0 Å². The summed E-state index contributed by atoms with van der Waals surface area (Å²) in [5, 5.41) is 0. The van der Waals surface area contributed by atoms with Crippen LogP contribution < -0.4 is 0 Å². The van der Waals surface area contributed by atoms with Crippen LogP contribution in [0.15, 0.2) is 24.7 Å². The molecule has 1 saturated heterocycles. The maximum atomic E-state index is 12.4. The molecule has 3 rings (SSSR count). The first-order chi connectivity index (χ1) is 10.9. The number of cyclic esters (lactones) is 1. The van der Waals surface area contributed by atoms with Gasteiger partial charge in [-0.3, -0.25) is 0 Å². The minimum absolute atomic E-state index is 0.122. The molecule has 0 amide bonds. The lowest BCUT2D eigenvalue weighted by Crippen LogP contribution is -2.61. The molecule has 1 fully saturated rings. The van der Waals surface area contributed by atoms with Crippen LogP contribution in [0.1, 0.15) is 19.0 Å². The van der Waals surface area contributed by atoms with Crippen LogP contribution in [0.5, 0.6) is 0 Å². The maximum Gasteiger partial charge on any atom is 0.355 e. The number of carbonyl (C=O) groups excluding carboxylic acids is 3. The number of nitrogens with zero attached hydrogens (tertiary/aromatic N) is 2. The number of imidazole rings is 1. The quantitative estimate of drug-likeness (QED) is 0.574. The summed E-state index contributed by atoms with van der Waals surface area (Å²) >= 11 is 0. The standard InChI is InChI=1S/C15H16N2O6/c1-3-15-13(20)21-8-14(15,6-10-7-16-9-17(10)2)22-11(18)4-5-12(19)23-15/h4-5,7,9H,3,6,8H2,1-2H3/b5-4+/t14-,15-/m1/s1. The van der Waals surface area contributed by atoms with Crippen molar-refractivity contribution in [2.24, 2.45) is 7.05 Å². The average Bonchev–Trinajstić information content (AvgIpc) is 3.01. The summed E-state index contributed by atoms with van der Waals surface area (Å²) in [6.45, 7) is 1.49. The molecule has 0 radical (unpaired) electrons. The van der Waals surface area contributed by atoms with Gasteiger partial charge in [-0.25, -0.2) is 19.4 Å². The van der Waals surface area contributed by atoms with Gasteiger partial charge in [0.1, 0.15) is 6.61 Å². The SMILES string of the molecule is CC[C@]12OC(=O)/C=C/C(=O)O[C@]1(Cc1cncn1C)COC2=O. The van der Waals surface area contributed by atoms with E-state index in [-0.39, 0.29) is 19.4 Å². The van der Waals surface area contributed by atoms with Crippen molar-refractivity contribution in [2.45, 2.75) is 31.0 Å². The van der Waals surface area contributed by atoms with Crippen LogP contribution in [-0.2, 0) is 42.1 Å². The lowest BCUT2D eigenvalue weighted by Gasteiger charge is -2.39. The summed E-state index contributed by atoms with van der Waals surface area (Å²) in [5.41, 5.74) is -2.38. The molecule has 122 valence electrons. The van der Waals surface area contributed by atoms with E-state index in [9.17, 15) is 14.4 Å². The van der Waals surface area contributed by atoms with Crippen LogP contribution in [0.25, 0.3) is 0 Å². The number of aryl methyl sites for hydroxylation is 1. The van der Waals surface area contributed by atoms with Crippen molar-refractivity contribution in [3.05, 3.63) is 30.4 Å². The van der Waals surface area contributed by atoms with Crippen molar-refractivity contribution in [1.82, 2.24) is 9.55 Å². The predicted molar refractivity (Wildman–Crippen MR) is 74.9 cm³/mol. The first-order valence-corrected chi connectivity index (χ1v) is 7.19. The van der Waals surface area contributed by atoms with E-state index in [0.29, 0.717) is 0 Å². The lowest BCUT2D eigenvalue weighted by molar-refractivity contribution is -0.201. The minimum atomic E-state index is -1.67. The van der Waals surface area contributed by atoms with Crippen LogP contribution in [0.4, 0.5) is 0 Å². The summed E-state index contributed by atoms with van der Waals surface area (Å²) in [4.78, 5) is 40.3. The number of fused-ring (bicyclic) bond motifs is 1. The number of esters is 3. The fraction of sp³-hybridized carbons (Fsp3) is 0.467. The monoisotopic (exact) mass is 320 g/mol. The van der Waals surface area contributed by atoms with Gasteiger partial charge < -0.3 is 18.8 Å². The fourth-order valence-electron chi connectivity index (χ4n) is 3.03. The van der Waals surface area contributed by atoms with Crippen molar-refractivity contribution in [1.29, 1.82) is 0 Å². The van der Waals surface area contributed by atoms with Crippen LogP contribution in [-0.4, -0.2) is 45.3 Å². The van der Waals surface area contributed by atoms with Crippen molar-refractivity contribution >= 4 is 17.9 Å². The van der Waals surface area contributed by atoms with Gasteiger partial charge in [-0.05, 0) is 6.42 Å². The maximum absolute atomic E-state index is 12.4. The third-order valence-electron chi connectivity index (χ3n) is 4.31. The molecule has 1 aromatic rings. The molecule has 2 aliphatic heterocycles. The van der Waals surface area contributed by atoms with Gasteiger partial charge in [0.25, 0.3) is 5.60 Å². The predicted octanol–water partition coefficient (Wildman–Crippen LogP) is 0.0632. The smallest absolute Gasteiger partial charge is 0.355 e. The number of hydrogen-bond donors (Lipinski definition) is 0. The third-order valence-corrected chi connectivity index (χ3v) is 4.31. The van der Waals surface area contributed by atoms with E-state index in [1.807, 2.05) is 0 Å². The largest absolute Gasteiger partial charge is 0.458 e. The van der Waals surface area contributed by atoms with E-state index >= 15 is 0 Å². The zero-order chi connectivity index (χ0) is 16.7. The molecule has 0 N–H and O–H groups in total. The van der Waals surface area contributed by atoms with E-state index < -0.39 is 29.1 Å². The molecular weight excluding hydrogens is 304 g/mol. The first kappa shape index (κ1) is 15.3. The van der Waals surface area contributed by atoms with Gasteiger partial charge in [0.05, 0.1) is 6.33 Å². The summed E-state index contributed by atoms with van der Waals surface area (Å²) in [6, 6.07) is 0. The molecular formula is C15H16N2O6. The third kappa shape index (κ3) is 2.21. The van der Waals surface area contributed by atoms with Crippen LogP contribution in [0.3, 0.4) is 0 Å². The fourth-order valence-corrected chi connectivity index (χ4v) is 3.03. The zero-order valence-electron chi connectivity index (χ0n) is 12.8. The Hall–Kier alpha value is -2.64. The molecule has 0 aliphatic carbocycles. The summed E-state index contributed by atoms with van der Waals surface area (Å²) < 4.78 is 17.8. The molecule has 0 bridgehead atoms. The minimum Gasteiger partial charge on any atom is -0.458 e. The molecule has 1 aromatic heterocycles. The van der Waals surface area contributed by atoms with Crippen molar-refractivity contribution in [3.63, 3.8) is 0 Å². The van der Waals surface area contributed by atoms with E-state index in [2.05, 4.69) is 4.98 Å². The zero-order valence-corrected chi connectivity index (χ0v) is 12.8. The molecule has 3 heterocycles. The number of aromatic nitrogens is 2. The van der Waals surface area contributed by atoms with Gasteiger partial charge in [0, 0.05) is 37.5 Å². The van der Waals surface area contributed by atoms with Gasteiger partial charge >= 0.3 is 17.9 Å². The van der Waals surface area contributed by atoms with Crippen LogP contribution >= 0.6 is 0 Å².